The van der Waals surface area contributed by atoms with Gasteiger partial charge in [0.15, 0.2) is 0 Å². The van der Waals surface area contributed by atoms with Gasteiger partial charge in [-0.1, -0.05) is 99.2 Å². The molecule has 0 bridgehead atoms. The Labute approximate surface area is 358 Å². The van der Waals surface area contributed by atoms with Gasteiger partial charge in [-0.05, 0) is 60.7 Å². The molecule has 0 unspecified atom stereocenters. The van der Waals surface area contributed by atoms with Gasteiger partial charge in [-0.25, -0.2) is 0 Å². The molecule has 0 heterocycles. The number of rotatable bonds is 8. The largest absolute Gasteiger partial charge is 1.00 e. The van der Waals surface area contributed by atoms with E-state index in [-0.39, 0.29) is 75.9 Å². The molecule has 15 nitrogen and oxygen atoms in total. The standard InChI is InChI=1S/2C16H11N3O4.C12H23N.Cr/c2*20-14-8-5-10-3-1-2-4-12(10)16(14)18-17-13-7-6-11(19(22)23)9-15(13)21;1-3-7-11(8-4-1)13-12-9-5-2-6-10-12;/h2*1-9,20-21H;11-13H,1-10H2;/p+1. The van der Waals surface area contributed by atoms with Crippen molar-refractivity contribution in [3.63, 3.8) is 0 Å². The summed E-state index contributed by atoms with van der Waals surface area (Å²) in [6.07, 6.45) is 14.6. The van der Waals surface area contributed by atoms with Crippen LogP contribution in [0.25, 0.3) is 21.5 Å². The SMILES string of the molecule is C1CCC(NC2CCCCC2)CC1.O=[N+]([O-])c1ccc(N=Nc2c(O)ccc3ccccc23)c(O)c1.O=[N+]([O-])c1ccc(N=Nc2c(O)ccc3ccccc23)c(O)c1.[Cr].[H+]. The van der Waals surface area contributed by atoms with E-state index >= 15 is 0 Å². The topological polar surface area (TPSA) is 229 Å². The van der Waals surface area contributed by atoms with Gasteiger partial charge in [-0.15, -0.1) is 20.5 Å². The molecule has 2 fully saturated rings. The van der Waals surface area contributed by atoms with Crippen molar-refractivity contribution < 1.29 is 49.1 Å². The van der Waals surface area contributed by atoms with Crippen LogP contribution in [0, 0.1) is 20.2 Å². The molecule has 16 heteroatoms. The number of azo groups is 2. The van der Waals surface area contributed by atoms with Crippen LogP contribution in [0.1, 0.15) is 65.6 Å². The molecule has 0 amide bonds. The van der Waals surface area contributed by atoms with Gasteiger partial charge in [-0.3, -0.25) is 20.2 Å². The predicted molar refractivity (Wildman–Crippen MR) is 227 cm³/mol. The maximum absolute atomic E-state index is 10.6. The van der Waals surface area contributed by atoms with Gasteiger partial charge >= 0.3 is 1.43 Å². The Kier molecular flexibility index (Phi) is 16.0. The molecule has 8 rings (SSSR count). The zero-order valence-electron chi connectivity index (χ0n) is 33.6. The Morgan fingerprint density at radius 2 is 0.883 bits per heavy atom. The first-order valence-corrected chi connectivity index (χ1v) is 19.5. The van der Waals surface area contributed by atoms with Crippen molar-refractivity contribution >= 4 is 55.7 Å². The first kappa shape index (κ1) is 44.6. The predicted octanol–water partition coefficient (Wildman–Crippen LogP) is 12.5. The number of benzene rings is 6. The summed E-state index contributed by atoms with van der Waals surface area (Å²) in [5.74, 6) is -0.812. The maximum Gasteiger partial charge on any atom is 1.00 e. The summed E-state index contributed by atoms with van der Waals surface area (Å²) in [6, 6.07) is 30.0. The first-order valence-electron chi connectivity index (χ1n) is 19.5. The van der Waals surface area contributed by atoms with Gasteiger partial charge in [0, 0.05) is 52.3 Å². The minimum atomic E-state index is -0.614. The first-order chi connectivity index (χ1) is 28.6. The number of fused-ring (bicyclic) bond motifs is 2. The second-order valence-electron chi connectivity index (χ2n) is 14.4. The van der Waals surface area contributed by atoms with Crippen molar-refractivity contribution in [1.82, 2.24) is 5.32 Å². The summed E-state index contributed by atoms with van der Waals surface area (Å²) in [5, 5.41) is 83.5. The van der Waals surface area contributed by atoms with Crippen molar-refractivity contribution in [2.45, 2.75) is 76.3 Å². The van der Waals surface area contributed by atoms with Crippen LogP contribution < -0.4 is 5.32 Å². The second kappa shape index (κ2) is 21.5. The molecule has 2 aliphatic rings. The van der Waals surface area contributed by atoms with Gasteiger partial charge in [0.1, 0.15) is 45.7 Å². The third kappa shape index (κ3) is 11.8. The fourth-order valence-electron chi connectivity index (χ4n) is 7.20. The van der Waals surface area contributed by atoms with Crippen LogP contribution in [0.5, 0.6) is 23.0 Å². The van der Waals surface area contributed by atoms with Crippen molar-refractivity contribution in [2.75, 3.05) is 0 Å². The van der Waals surface area contributed by atoms with Crippen molar-refractivity contribution in [1.29, 1.82) is 0 Å². The van der Waals surface area contributed by atoms with E-state index in [9.17, 15) is 40.7 Å². The van der Waals surface area contributed by atoms with Crippen LogP contribution in [-0.4, -0.2) is 42.4 Å². The molecule has 5 N–H and O–H groups in total. The van der Waals surface area contributed by atoms with Crippen molar-refractivity contribution in [3.05, 3.63) is 129 Å². The second-order valence-corrected chi connectivity index (χ2v) is 14.4. The van der Waals surface area contributed by atoms with Crippen LogP contribution >= 0.6 is 0 Å². The summed E-state index contributed by atoms with van der Waals surface area (Å²) in [4.78, 5) is 20.1. The monoisotopic (exact) mass is 852 g/mol. The van der Waals surface area contributed by atoms with Gasteiger partial charge in [0.25, 0.3) is 11.4 Å². The quantitative estimate of drug-likeness (QED) is 0.0556. The normalized spacial score (nSPS) is 14.5. The van der Waals surface area contributed by atoms with Crippen LogP contribution in [0.15, 0.2) is 130 Å². The summed E-state index contributed by atoms with van der Waals surface area (Å²) < 4.78 is 0. The molecule has 0 spiro atoms. The minimum Gasteiger partial charge on any atom is -0.506 e. The molecule has 310 valence electrons. The zero-order chi connectivity index (χ0) is 41.7. The van der Waals surface area contributed by atoms with Gasteiger partial charge in [0.2, 0.25) is 0 Å². The smallest absolute Gasteiger partial charge is 0.506 e. The number of nitrogens with zero attached hydrogens (tertiary/aromatic N) is 6. The Bertz CT molecular complexity index is 2320. The average Bonchev–Trinajstić information content (AvgIpc) is 3.25. The van der Waals surface area contributed by atoms with E-state index in [2.05, 4.69) is 25.8 Å². The van der Waals surface area contributed by atoms with E-state index in [1.54, 1.807) is 24.3 Å². The number of hydrogen-bond acceptors (Lipinski definition) is 13. The minimum absolute atomic E-state index is 0. The molecule has 2 aliphatic carbocycles. The van der Waals surface area contributed by atoms with Crippen molar-refractivity contribution in [2.24, 2.45) is 20.5 Å². The number of phenols is 4. The summed E-state index contributed by atoms with van der Waals surface area (Å²) in [6.45, 7) is 0. The number of aromatic hydroxyl groups is 4. The third-order valence-corrected chi connectivity index (χ3v) is 10.3. The molecule has 60 heavy (non-hydrogen) atoms. The Hall–Kier alpha value is -6.47. The summed E-state index contributed by atoms with van der Waals surface area (Å²) in [7, 11) is 0. The fraction of sp³-hybridized carbons (Fsp3) is 0.273. The van der Waals surface area contributed by atoms with Crippen LogP contribution in [0.2, 0.25) is 0 Å². The van der Waals surface area contributed by atoms with E-state index in [4.69, 9.17) is 0 Å². The fourth-order valence-corrected chi connectivity index (χ4v) is 7.20. The van der Waals surface area contributed by atoms with Crippen LogP contribution in [0.4, 0.5) is 34.1 Å². The number of phenolic OH excluding ortho intramolecular Hbond substituents is 4. The van der Waals surface area contributed by atoms with E-state index in [1.807, 2.05) is 36.4 Å². The molecular formula is C44H46CrN7O8+. The molecule has 0 aromatic heterocycles. The Balaban J connectivity index is 0.000000206. The summed E-state index contributed by atoms with van der Waals surface area (Å²) >= 11 is 0. The maximum atomic E-state index is 10.6. The van der Waals surface area contributed by atoms with Crippen molar-refractivity contribution in [3.8, 4) is 23.0 Å². The van der Waals surface area contributed by atoms with E-state index in [0.29, 0.717) is 10.8 Å². The summed E-state index contributed by atoms with van der Waals surface area (Å²) in [5.41, 5.74) is 0.191. The molecule has 0 atom stereocenters. The molecule has 0 radical (unpaired) electrons. The molecule has 0 aliphatic heterocycles. The zero-order valence-corrected chi connectivity index (χ0v) is 33.9. The average molecular weight is 853 g/mol. The number of hydrogen-bond donors (Lipinski definition) is 5. The number of nitrogens with one attached hydrogen (secondary N) is 1. The molecular weight excluding hydrogens is 807 g/mol. The van der Waals surface area contributed by atoms with Crippen LogP contribution in [-0.2, 0) is 17.4 Å². The third-order valence-electron chi connectivity index (χ3n) is 10.3. The number of non-ortho nitro benzene ring substituents is 2. The Morgan fingerprint density at radius 1 is 0.500 bits per heavy atom. The number of nitro benzene ring substituents is 2. The molecule has 6 aromatic carbocycles. The van der Waals surface area contributed by atoms with E-state index < -0.39 is 9.85 Å². The van der Waals surface area contributed by atoms with E-state index in [1.165, 1.54) is 101 Å². The molecule has 0 saturated heterocycles. The molecule has 2 saturated carbocycles. The Morgan fingerprint density at radius 3 is 1.25 bits per heavy atom. The van der Waals surface area contributed by atoms with Gasteiger partial charge in [-0.2, -0.15) is 0 Å². The molecule has 6 aromatic rings. The van der Waals surface area contributed by atoms with Crippen LogP contribution in [0.3, 0.4) is 0 Å². The van der Waals surface area contributed by atoms with Gasteiger partial charge in [0.05, 0.1) is 22.0 Å². The van der Waals surface area contributed by atoms with E-state index in [0.717, 1.165) is 35.0 Å². The van der Waals surface area contributed by atoms with Gasteiger partial charge < -0.3 is 25.7 Å². The number of nitro groups is 2.